The topological polar surface area (TPSA) is 75.4 Å². The first-order chi connectivity index (χ1) is 7.63. The lowest BCUT2D eigenvalue weighted by Crippen LogP contribution is -2.50. The summed E-state index contributed by atoms with van der Waals surface area (Å²) < 4.78 is 0. The van der Waals surface area contributed by atoms with Gasteiger partial charge in [0.1, 0.15) is 0 Å². The SMILES string of the molecule is C#CCCC(=O)N1CCC[C@@H](NC(N)=O)C1. The third-order valence-electron chi connectivity index (χ3n) is 2.60. The van der Waals surface area contributed by atoms with Crippen molar-refractivity contribution >= 4 is 11.9 Å². The lowest BCUT2D eigenvalue weighted by molar-refractivity contribution is -0.132. The van der Waals surface area contributed by atoms with Crippen molar-refractivity contribution in [1.29, 1.82) is 0 Å². The maximum Gasteiger partial charge on any atom is 0.312 e. The van der Waals surface area contributed by atoms with E-state index in [1.54, 1.807) is 4.90 Å². The number of hydrogen-bond acceptors (Lipinski definition) is 2. The van der Waals surface area contributed by atoms with Gasteiger partial charge in [-0.25, -0.2) is 4.79 Å². The van der Waals surface area contributed by atoms with Crippen LogP contribution in [0.3, 0.4) is 0 Å². The average Bonchev–Trinajstić information content (AvgIpc) is 2.25. The molecule has 5 heteroatoms. The second kappa shape index (κ2) is 6.01. The van der Waals surface area contributed by atoms with Crippen molar-refractivity contribution in [2.24, 2.45) is 5.73 Å². The summed E-state index contributed by atoms with van der Waals surface area (Å²) in [5.74, 6) is 2.49. The van der Waals surface area contributed by atoms with E-state index in [1.807, 2.05) is 0 Å². The number of likely N-dealkylation sites (tertiary alicyclic amines) is 1. The second-order valence-electron chi connectivity index (χ2n) is 3.89. The van der Waals surface area contributed by atoms with Crippen molar-refractivity contribution in [2.45, 2.75) is 31.7 Å². The van der Waals surface area contributed by atoms with Gasteiger partial charge in [0.05, 0.1) is 0 Å². The van der Waals surface area contributed by atoms with Crippen LogP contribution in [0, 0.1) is 12.3 Å². The van der Waals surface area contributed by atoms with Crippen LogP contribution in [0.4, 0.5) is 4.79 Å². The number of urea groups is 1. The molecular weight excluding hydrogens is 206 g/mol. The minimum Gasteiger partial charge on any atom is -0.352 e. The van der Waals surface area contributed by atoms with Gasteiger partial charge in [0.2, 0.25) is 5.91 Å². The summed E-state index contributed by atoms with van der Waals surface area (Å²) in [6.45, 7) is 1.27. The van der Waals surface area contributed by atoms with Crippen LogP contribution in [0.1, 0.15) is 25.7 Å². The Morgan fingerprint density at radius 1 is 1.56 bits per heavy atom. The third-order valence-corrected chi connectivity index (χ3v) is 2.60. The van der Waals surface area contributed by atoms with Gasteiger partial charge in [0, 0.05) is 32.0 Å². The molecule has 0 radical (unpaired) electrons. The zero-order valence-corrected chi connectivity index (χ0v) is 9.24. The molecule has 0 aromatic rings. The Morgan fingerprint density at radius 2 is 2.31 bits per heavy atom. The molecule has 0 saturated carbocycles. The number of amides is 3. The molecular formula is C11H17N3O2. The lowest BCUT2D eigenvalue weighted by atomic mass is 10.1. The van der Waals surface area contributed by atoms with Gasteiger partial charge in [-0.1, -0.05) is 0 Å². The molecule has 1 atom stereocenters. The molecule has 5 nitrogen and oxygen atoms in total. The Balaban J connectivity index is 2.41. The Labute approximate surface area is 95.4 Å². The Hall–Kier alpha value is -1.70. The molecule has 3 N–H and O–H groups in total. The minimum absolute atomic E-state index is 0.0268. The number of carbonyl (C=O) groups excluding carboxylic acids is 2. The highest BCUT2D eigenvalue weighted by Crippen LogP contribution is 2.11. The molecule has 88 valence electrons. The van der Waals surface area contributed by atoms with E-state index < -0.39 is 6.03 Å². The quantitative estimate of drug-likeness (QED) is 0.664. The molecule has 0 unspecified atom stereocenters. The summed E-state index contributed by atoms with van der Waals surface area (Å²) in [5, 5.41) is 2.63. The predicted octanol–water partition coefficient (Wildman–Crippen LogP) is 0.0591. The first kappa shape index (κ1) is 12.4. The molecule has 1 heterocycles. The number of rotatable bonds is 3. The summed E-state index contributed by atoms with van der Waals surface area (Å²) in [5.41, 5.74) is 5.05. The minimum atomic E-state index is -0.539. The molecule has 16 heavy (non-hydrogen) atoms. The number of hydrogen-bond donors (Lipinski definition) is 2. The number of terminal acetylenes is 1. The van der Waals surface area contributed by atoms with Crippen LogP contribution >= 0.6 is 0 Å². The van der Waals surface area contributed by atoms with Gasteiger partial charge in [-0.2, -0.15) is 0 Å². The van der Waals surface area contributed by atoms with Crippen LogP contribution in [0.2, 0.25) is 0 Å². The van der Waals surface area contributed by atoms with Crippen LogP contribution in [0.5, 0.6) is 0 Å². The fourth-order valence-electron chi connectivity index (χ4n) is 1.86. The van der Waals surface area contributed by atoms with Crippen LogP contribution < -0.4 is 11.1 Å². The maximum absolute atomic E-state index is 11.7. The van der Waals surface area contributed by atoms with E-state index in [-0.39, 0.29) is 11.9 Å². The number of piperidine rings is 1. The van der Waals surface area contributed by atoms with E-state index in [4.69, 9.17) is 12.2 Å². The summed E-state index contributed by atoms with van der Waals surface area (Å²) in [6.07, 6.45) is 7.69. The van der Waals surface area contributed by atoms with Gasteiger partial charge < -0.3 is 16.0 Å². The zero-order valence-electron chi connectivity index (χ0n) is 9.24. The van der Waals surface area contributed by atoms with E-state index in [2.05, 4.69) is 11.2 Å². The van der Waals surface area contributed by atoms with E-state index in [9.17, 15) is 9.59 Å². The maximum atomic E-state index is 11.7. The van der Waals surface area contributed by atoms with E-state index in [0.29, 0.717) is 19.4 Å². The van der Waals surface area contributed by atoms with E-state index >= 15 is 0 Å². The summed E-state index contributed by atoms with van der Waals surface area (Å²) in [7, 11) is 0. The molecule has 3 amide bonds. The van der Waals surface area contributed by atoms with Crippen molar-refractivity contribution in [3.05, 3.63) is 0 Å². The van der Waals surface area contributed by atoms with Crippen LogP contribution in [-0.2, 0) is 4.79 Å². The number of nitrogens with zero attached hydrogens (tertiary/aromatic N) is 1. The lowest BCUT2D eigenvalue weighted by Gasteiger charge is -2.32. The van der Waals surface area contributed by atoms with Gasteiger partial charge in [-0.15, -0.1) is 12.3 Å². The third kappa shape index (κ3) is 3.81. The molecule has 1 saturated heterocycles. The van der Waals surface area contributed by atoms with Gasteiger partial charge >= 0.3 is 6.03 Å². The molecule has 0 aromatic heterocycles. The average molecular weight is 223 g/mol. The molecule has 0 aliphatic carbocycles. The van der Waals surface area contributed by atoms with Gasteiger partial charge in [0.25, 0.3) is 0 Å². The second-order valence-corrected chi connectivity index (χ2v) is 3.89. The summed E-state index contributed by atoms with van der Waals surface area (Å²) >= 11 is 0. The van der Waals surface area contributed by atoms with Crippen LogP contribution in [-0.4, -0.2) is 36.0 Å². The van der Waals surface area contributed by atoms with Crippen LogP contribution in [0.15, 0.2) is 0 Å². The molecule has 0 spiro atoms. The van der Waals surface area contributed by atoms with Crippen molar-refractivity contribution in [1.82, 2.24) is 10.2 Å². The van der Waals surface area contributed by atoms with Gasteiger partial charge in [0.15, 0.2) is 0 Å². The largest absolute Gasteiger partial charge is 0.352 e. The zero-order chi connectivity index (χ0) is 12.0. The molecule has 1 aliphatic rings. The van der Waals surface area contributed by atoms with E-state index in [1.165, 1.54) is 0 Å². The van der Waals surface area contributed by atoms with Crippen molar-refractivity contribution in [3.8, 4) is 12.3 Å². The Kier molecular flexibility index (Phi) is 4.65. The predicted molar refractivity (Wildman–Crippen MR) is 60.4 cm³/mol. The summed E-state index contributed by atoms with van der Waals surface area (Å²) in [4.78, 5) is 24.1. The molecule has 0 bridgehead atoms. The molecule has 1 fully saturated rings. The first-order valence-electron chi connectivity index (χ1n) is 5.40. The fourth-order valence-corrected chi connectivity index (χ4v) is 1.86. The first-order valence-corrected chi connectivity index (χ1v) is 5.40. The van der Waals surface area contributed by atoms with Gasteiger partial charge in [-0.05, 0) is 12.8 Å². The number of nitrogens with one attached hydrogen (secondary N) is 1. The number of carbonyl (C=O) groups is 2. The van der Waals surface area contributed by atoms with E-state index in [0.717, 1.165) is 19.4 Å². The summed E-state index contributed by atoms with van der Waals surface area (Å²) in [6, 6.07) is -0.566. The Bertz CT molecular complexity index is 309. The molecule has 1 rings (SSSR count). The molecule has 0 aromatic carbocycles. The van der Waals surface area contributed by atoms with Crippen LogP contribution in [0.25, 0.3) is 0 Å². The van der Waals surface area contributed by atoms with Gasteiger partial charge in [-0.3, -0.25) is 4.79 Å². The standard InChI is InChI=1S/C11H17N3O2/c1-2-3-6-10(15)14-7-4-5-9(8-14)13-11(12)16/h1,9H,3-8H2,(H3,12,13,16)/t9-/m1/s1. The smallest absolute Gasteiger partial charge is 0.312 e. The van der Waals surface area contributed by atoms with Crippen molar-refractivity contribution < 1.29 is 9.59 Å². The highest BCUT2D eigenvalue weighted by molar-refractivity contribution is 5.77. The fraction of sp³-hybridized carbons (Fsp3) is 0.636. The molecule has 1 aliphatic heterocycles. The highest BCUT2D eigenvalue weighted by atomic mass is 16.2. The highest BCUT2D eigenvalue weighted by Gasteiger charge is 2.23. The van der Waals surface area contributed by atoms with Crippen molar-refractivity contribution in [3.63, 3.8) is 0 Å². The van der Waals surface area contributed by atoms with Crippen molar-refractivity contribution in [2.75, 3.05) is 13.1 Å². The monoisotopic (exact) mass is 223 g/mol. The normalized spacial score (nSPS) is 19.9. The number of nitrogens with two attached hydrogens (primary N) is 1. The number of primary amides is 1. The Morgan fingerprint density at radius 3 is 2.94 bits per heavy atom.